The topological polar surface area (TPSA) is 32.3 Å². The van der Waals surface area contributed by atoms with Crippen molar-refractivity contribution in [3.8, 4) is 0 Å². The molecule has 0 radical (unpaired) electrons. The Kier molecular flexibility index (Phi) is 3.46. The largest absolute Gasteiger partial charge is 0.353 e. The lowest BCUT2D eigenvalue weighted by atomic mass is 9.96. The molecule has 4 rings (SSSR count). The molecule has 3 nitrogen and oxygen atoms in total. The molecule has 21 heavy (non-hydrogen) atoms. The summed E-state index contributed by atoms with van der Waals surface area (Å²) >= 11 is 0. The van der Waals surface area contributed by atoms with Crippen molar-refractivity contribution < 1.29 is 4.79 Å². The summed E-state index contributed by atoms with van der Waals surface area (Å²) in [4.78, 5) is 14.6. The number of nitrogens with zero attached hydrogens (tertiary/aromatic N) is 1. The molecule has 1 aromatic carbocycles. The Morgan fingerprint density at radius 2 is 1.71 bits per heavy atom. The van der Waals surface area contributed by atoms with Gasteiger partial charge in [-0.05, 0) is 44.1 Å². The van der Waals surface area contributed by atoms with Crippen LogP contribution in [0.1, 0.15) is 44.1 Å². The van der Waals surface area contributed by atoms with Crippen molar-refractivity contribution in [3.05, 3.63) is 35.9 Å². The molecule has 2 bridgehead atoms. The molecule has 2 saturated heterocycles. The summed E-state index contributed by atoms with van der Waals surface area (Å²) in [5, 5.41) is 3.30. The number of fused-ring (bicyclic) bond motifs is 2. The molecule has 1 aliphatic carbocycles. The zero-order valence-corrected chi connectivity index (χ0v) is 12.5. The number of nitrogens with one attached hydrogen (secondary N) is 1. The molecular weight excluding hydrogens is 260 g/mol. The highest BCUT2D eigenvalue weighted by atomic mass is 16.2. The number of rotatable bonds is 4. The standard InChI is InChI=1S/C18H24N2O/c21-18(14-6-7-14)19-15-10-16-8-9-17(11-15)20(16)12-13-4-2-1-3-5-13/h1-5,14-17H,6-12H2,(H,19,21). The summed E-state index contributed by atoms with van der Waals surface area (Å²) < 4.78 is 0. The fraction of sp³-hybridized carbons (Fsp3) is 0.611. The lowest BCUT2D eigenvalue weighted by Crippen LogP contribution is -2.50. The molecule has 1 saturated carbocycles. The van der Waals surface area contributed by atoms with Crippen LogP contribution in [0.15, 0.2) is 30.3 Å². The number of hydrogen-bond donors (Lipinski definition) is 1. The number of benzene rings is 1. The monoisotopic (exact) mass is 284 g/mol. The average molecular weight is 284 g/mol. The van der Waals surface area contributed by atoms with Gasteiger partial charge >= 0.3 is 0 Å². The van der Waals surface area contributed by atoms with Crippen LogP contribution in [0.3, 0.4) is 0 Å². The van der Waals surface area contributed by atoms with Gasteiger partial charge in [-0.3, -0.25) is 9.69 Å². The Bertz CT molecular complexity index is 497. The Labute approximate surface area is 126 Å². The summed E-state index contributed by atoms with van der Waals surface area (Å²) in [7, 11) is 0. The molecule has 3 heteroatoms. The molecular formula is C18H24N2O. The summed E-state index contributed by atoms with van der Waals surface area (Å²) in [6.07, 6.45) is 7.08. The van der Waals surface area contributed by atoms with Crippen molar-refractivity contribution in [3.63, 3.8) is 0 Å². The smallest absolute Gasteiger partial charge is 0.223 e. The Morgan fingerprint density at radius 3 is 2.33 bits per heavy atom. The minimum atomic E-state index is 0.316. The van der Waals surface area contributed by atoms with Crippen molar-refractivity contribution in [1.82, 2.24) is 10.2 Å². The second-order valence-corrected chi connectivity index (χ2v) is 6.99. The first-order chi connectivity index (χ1) is 10.3. The fourth-order valence-electron chi connectivity index (χ4n) is 4.11. The summed E-state index contributed by atoms with van der Waals surface area (Å²) in [6, 6.07) is 12.5. The number of carbonyl (C=O) groups excluding carboxylic acids is 1. The first kappa shape index (κ1) is 13.3. The second-order valence-electron chi connectivity index (χ2n) is 6.99. The molecule has 1 N–H and O–H groups in total. The quantitative estimate of drug-likeness (QED) is 0.922. The summed E-state index contributed by atoms with van der Waals surface area (Å²) in [5.41, 5.74) is 1.41. The van der Waals surface area contributed by atoms with E-state index >= 15 is 0 Å². The number of amides is 1. The minimum absolute atomic E-state index is 0.316. The lowest BCUT2D eigenvalue weighted by Gasteiger charge is -2.39. The lowest BCUT2D eigenvalue weighted by molar-refractivity contribution is -0.123. The first-order valence-corrected chi connectivity index (χ1v) is 8.39. The van der Waals surface area contributed by atoms with Gasteiger partial charge in [0.2, 0.25) is 5.91 Å². The van der Waals surface area contributed by atoms with Gasteiger partial charge in [-0.2, -0.15) is 0 Å². The van der Waals surface area contributed by atoms with Crippen LogP contribution in [0.4, 0.5) is 0 Å². The molecule has 0 aromatic heterocycles. The van der Waals surface area contributed by atoms with Crippen LogP contribution < -0.4 is 5.32 Å². The Morgan fingerprint density at radius 1 is 1.05 bits per heavy atom. The van der Waals surface area contributed by atoms with Crippen molar-refractivity contribution in [1.29, 1.82) is 0 Å². The highest BCUT2D eigenvalue weighted by Crippen LogP contribution is 2.37. The normalized spacial score (nSPS) is 32.1. The van der Waals surface area contributed by atoms with Gasteiger partial charge < -0.3 is 5.32 Å². The molecule has 3 aliphatic rings. The van der Waals surface area contributed by atoms with Gasteiger partial charge in [-0.25, -0.2) is 0 Å². The molecule has 3 fully saturated rings. The zero-order valence-electron chi connectivity index (χ0n) is 12.5. The second kappa shape index (κ2) is 5.45. The molecule has 1 aromatic rings. The molecule has 2 aliphatic heterocycles. The first-order valence-electron chi connectivity index (χ1n) is 8.39. The number of carbonyl (C=O) groups is 1. The summed E-state index contributed by atoms with van der Waals surface area (Å²) in [6.45, 7) is 1.07. The molecule has 2 atom stereocenters. The predicted octanol–water partition coefficient (Wildman–Crippen LogP) is 2.71. The van der Waals surface area contributed by atoms with Crippen molar-refractivity contribution in [2.75, 3.05) is 0 Å². The van der Waals surface area contributed by atoms with Crippen LogP contribution >= 0.6 is 0 Å². The third-order valence-electron chi connectivity index (χ3n) is 5.39. The highest BCUT2D eigenvalue weighted by molar-refractivity contribution is 5.81. The summed E-state index contributed by atoms with van der Waals surface area (Å²) in [5.74, 6) is 0.654. The molecule has 0 spiro atoms. The van der Waals surface area contributed by atoms with Gasteiger partial charge in [0.25, 0.3) is 0 Å². The van der Waals surface area contributed by atoms with E-state index in [1.165, 1.54) is 18.4 Å². The van der Waals surface area contributed by atoms with Crippen LogP contribution in [-0.4, -0.2) is 28.9 Å². The van der Waals surface area contributed by atoms with Crippen LogP contribution in [0.25, 0.3) is 0 Å². The maximum atomic E-state index is 12.0. The van der Waals surface area contributed by atoms with Crippen molar-refractivity contribution >= 4 is 5.91 Å². The van der Waals surface area contributed by atoms with Crippen LogP contribution in [0, 0.1) is 5.92 Å². The third kappa shape index (κ3) is 2.84. The fourth-order valence-corrected chi connectivity index (χ4v) is 4.11. The van der Waals surface area contributed by atoms with Crippen LogP contribution in [0.5, 0.6) is 0 Å². The molecule has 2 unspecified atom stereocenters. The predicted molar refractivity (Wildman–Crippen MR) is 82.7 cm³/mol. The van der Waals surface area contributed by atoms with E-state index in [4.69, 9.17) is 0 Å². The van der Waals surface area contributed by atoms with Crippen molar-refractivity contribution in [2.45, 2.75) is 63.2 Å². The van der Waals surface area contributed by atoms with E-state index in [1.54, 1.807) is 0 Å². The SMILES string of the molecule is O=C(NC1CC2CCC(C1)N2Cc1ccccc1)C1CC1. The molecule has 112 valence electrons. The Hall–Kier alpha value is -1.35. The number of piperidine rings is 1. The third-order valence-corrected chi connectivity index (χ3v) is 5.39. The van der Waals surface area contributed by atoms with E-state index in [0.29, 0.717) is 30.0 Å². The van der Waals surface area contributed by atoms with Gasteiger partial charge in [0.1, 0.15) is 0 Å². The van der Waals surface area contributed by atoms with Gasteiger partial charge in [-0.1, -0.05) is 30.3 Å². The van der Waals surface area contributed by atoms with E-state index in [-0.39, 0.29) is 0 Å². The Balaban J connectivity index is 1.38. The molecule has 1 amide bonds. The molecule has 2 heterocycles. The van der Waals surface area contributed by atoms with E-state index in [1.807, 2.05) is 0 Å². The van der Waals surface area contributed by atoms with E-state index < -0.39 is 0 Å². The van der Waals surface area contributed by atoms with E-state index in [9.17, 15) is 4.79 Å². The average Bonchev–Trinajstić information content (AvgIpc) is 3.30. The van der Waals surface area contributed by atoms with Gasteiger partial charge in [0.15, 0.2) is 0 Å². The van der Waals surface area contributed by atoms with E-state index in [0.717, 1.165) is 32.2 Å². The van der Waals surface area contributed by atoms with Gasteiger partial charge in [-0.15, -0.1) is 0 Å². The maximum Gasteiger partial charge on any atom is 0.223 e. The van der Waals surface area contributed by atoms with Gasteiger partial charge in [0, 0.05) is 30.6 Å². The maximum absolute atomic E-state index is 12.0. The number of hydrogen-bond acceptors (Lipinski definition) is 2. The van der Waals surface area contributed by atoms with Gasteiger partial charge in [0.05, 0.1) is 0 Å². The van der Waals surface area contributed by atoms with Crippen molar-refractivity contribution in [2.24, 2.45) is 5.92 Å². The van der Waals surface area contributed by atoms with E-state index in [2.05, 4.69) is 40.5 Å². The van der Waals surface area contributed by atoms with Crippen LogP contribution in [0.2, 0.25) is 0 Å². The highest BCUT2D eigenvalue weighted by Gasteiger charge is 2.41. The van der Waals surface area contributed by atoms with Crippen LogP contribution in [-0.2, 0) is 11.3 Å². The minimum Gasteiger partial charge on any atom is -0.353 e. The zero-order chi connectivity index (χ0) is 14.2.